The molecule has 0 aliphatic rings. The summed E-state index contributed by atoms with van der Waals surface area (Å²) < 4.78 is 35.5. The molecule has 6 nitrogen and oxygen atoms in total. The van der Waals surface area contributed by atoms with E-state index in [1.54, 1.807) is 42.5 Å². The van der Waals surface area contributed by atoms with Crippen LogP contribution in [0.5, 0.6) is 5.88 Å². The highest BCUT2D eigenvalue weighted by Gasteiger charge is 2.26. The smallest absolute Gasteiger partial charge is 0.309 e. The lowest BCUT2D eigenvalue weighted by Crippen LogP contribution is -2.19. The van der Waals surface area contributed by atoms with Crippen LogP contribution in [0.1, 0.15) is 34.1 Å². The average molecular weight is 504 g/mol. The molecular weight excluding hydrogens is 476 g/mol. The Balaban J connectivity index is 1.86. The molecule has 4 aromatic rings. The van der Waals surface area contributed by atoms with E-state index in [0.29, 0.717) is 28.9 Å². The summed E-state index contributed by atoms with van der Waals surface area (Å²) in [5.74, 6) is -1.61. The van der Waals surface area contributed by atoms with Crippen molar-refractivity contribution in [2.24, 2.45) is 5.41 Å². The van der Waals surface area contributed by atoms with Crippen molar-refractivity contribution in [2.45, 2.75) is 34.1 Å². The Kier molecular flexibility index (Phi) is 7.20. The van der Waals surface area contributed by atoms with Gasteiger partial charge in [-0.25, -0.2) is 8.78 Å². The molecule has 0 bridgehead atoms. The van der Waals surface area contributed by atoms with Crippen molar-refractivity contribution in [3.05, 3.63) is 84.4 Å². The van der Waals surface area contributed by atoms with Crippen LogP contribution in [0, 0.1) is 17.0 Å². The van der Waals surface area contributed by atoms with Gasteiger partial charge < -0.3 is 10.1 Å². The zero-order chi connectivity index (χ0) is 26.7. The summed E-state index contributed by atoms with van der Waals surface area (Å²) in [7, 11) is 0. The lowest BCUT2D eigenvalue weighted by molar-refractivity contribution is -0.132. The number of amides is 1. The third-order valence-electron chi connectivity index (χ3n) is 5.43. The van der Waals surface area contributed by atoms with Crippen molar-refractivity contribution >= 4 is 17.6 Å². The molecule has 8 heteroatoms. The number of hydrogen-bond acceptors (Lipinski definition) is 4. The number of carbonyl (C=O) groups excluding carboxylic acids is 2. The fourth-order valence-corrected chi connectivity index (χ4v) is 3.90. The Morgan fingerprint density at radius 3 is 2.19 bits per heavy atom. The van der Waals surface area contributed by atoms with E-state index in [-0.39, 0.29) is 28.5 Å². The average Bonchev–Trinajstić information content (AvgIpc) is 3.17. The summed E-state index contributed by atoms with van der Waals surface area (Å²) in [6.07, 6.45) is 0.354. The molecule has 0 aliphatic heterocycles. The van der Waals surface area contributed by atoms with Gasteiger partial charge in [-0.15, -0.1) is 0 Å². The van der Waals surface area contributed by atoms with Gasteiger partial charge >= 0.3 is 5.97 Å². The van der Waals surface area contributed by atoms with Gasteiger partial charge in [-0.1, -0.05) is 45.0 Å². The van der Waals surface area contributed by atoms with E-state index in [2.05, 4.69) is 10.4 Å². The number of rotatable bonds is 6. The minimum absolute atomic E-state index is 0.0573. The van der Waals surface area contributed by atoms with Crippen LogP contribution in [-0.2, 0) is 9.59 Å². The molecule has 0 saturated carbocycles. The number of esters is 1. The standard InChI is InChI=1S/C29H27F2N3O3/c1-18(35)37-28-26(19-9-13-21(14-10-19)32-25(36)17-29(2,3)4)27(23-7-5-6-8-24(23)31)33-34(28)22-15-11-20(30)12-16-22/h5-16H,17H2,1-4H3,(H,32,36). The molecule has 1 N–H and O–H groups in total. The minimum atomic E-state index is -0.601. The summed E-state index contributed by atoms with van der Waals surface area (Å²) in [4.78, 5) is 24.5. The summed E-state index contributed by atoms with van der Waals surface area (Å²) in [6.45, 7) is 7.20. The zero-order valence-corrected chi connectivity index (χ0v) is 21.0. The van der Waals surface area contributed by atoms with E-state index in [4.69, 9.17) is 4.74 Å². The molecule has 0 aliphatic carbocycles. The van der Waals surface area contributed by atoms with Crippen LogP contribution in [0.3, 0.4) is 0 Å². The molecule has 3 aromatic carbocycles. The maximum Gasteiger partial charge on any atom is 0.309 e. The molecule has 0 radical (unpaired) electrons. The fourth-order valence-electron chi connectivity index (χ4n) is 3.90. The van der Waals surface area contributed by atoms with Gasteiger partial charge in [-0.2, -0.15) is 9.78 Å². The van der Waals surface area contributed by atoms with Gasteiger partial charge in [-0.3, -0.25) is 9.59 Å². The number of benzene rings is 3. The molecule has 0 fully saturated rings. The highest BCUT2D eigenvalue weighted by atomic mass is 19.1. The monoisotopic (exact) mass is 503 g/mol. The largest absolute Gasteiger partial charge is 0.407 e. The van der Waals surface area contributed by atoms with Gasteiger partial charge in [0.15, 0.2) is 0 Å². The molecule has 1 amide bonds. The first-order chi connectivity index (χ1) is 17.5. The first-order valence-corrected chi connectivity index (χ1v) is 11.7. The highest BCUT2D eigenvalue weighted by molar-refractivity contribution is 5.92. The first-order valence-electron chi connectivity index (χ1n) is 11.7. The predicted molar refractivity (Wildman–Crippen MR) is 138 cm³/mol. The van der Waals surface area contributed by atoms with Crippen molar-refractivity contribution < 1.29 is 23.1 Å². The number of aromatic nitrogens is 2. The lowest BCUT2D eigenvalue weighted by atomic mass is 9.92. The molecule has 190 valence electrons. The topological polar surface area (TPSA) is 73.2 Å². The third kappa shape index (κ3) is 6.09. The number of ether oxygens (including phenoxy) is 1. The molecule has 1 aromatic heterocycles. The molecule has 4 rings (SSSR count). The number of carbonyl (C=O) groups is 2. The number of nitrogens with one attached hydrogen (secondary N) is 1. The molecular formula is C29H27F2N3O3. The molecule has 0 saturated heterocycles. The van der Waals surface area contributed by atoms with E-state index in [1.807, 2.05) is 20.8 Å². The number of nitrogens with zero attached hydrogens (tertiary/aromatic N) is 2. The van der Waals surface area contributed by atoms with Crippen LogP contribution in [0.15, 0.2) is 72.8 Å². The van der Waals surface area contributed by atoms with E-state index < -0.39 is 17.6 Å². The number of hydrogen-bond donors (Lipinski definition) is 1. The minimum Gasteiger partial charge on any atom is -0.407 e. The van der Waals surface area contributed by atoms with Gasteiger partial charge in [0.05, 0.1) is 11.3 Å². The van der Waals surface area contributed by atoms with Crippen LogP contribution in [0.25, 0.3) is 28.1 Å². The molecule has 37 heavy (non-hydrogen) atoms. The van der Waals surface area contributed by atoms with Gasteiger partial charge in [0.25, 0.3) is 0 Å². The lowest BCUT2D eigenvalue weighted by Gasteiger charge is -2.17. The Morgan fingerprint density at radius 2 is 1.59 bits per heavy atom. The Bertz CT molecular complexity index is 1440. The maximum atomic E-state index is 14.9. The molecule has 0 atom stereocenters. The number of anilines is 1. The van der Waals surface area contributed by atoms with Gasteiger partial charge in [-0.05, 0) is 59.5 Å². The Hall–Kier alpha value is -4.33. The quantitative estimate of drug-likeness (QED) is 0.294. The van der Waals surface area contributed by atoms with Crippen molar-refractivity contribution in [1.29, 1.82) is 0 Å². The second kappa shape index (κ2) is 10.3. The van der Waals surface area contributed by atoms with E-state index in [0.717, 1.165) is 0 Å². The molecule has 0 spiro atoms. The normalized spacial score (nSPS) is 11.3. The van der Waals surface area contributed by atoms with E-state index in [9.17, 15) is 18.4 Å². The van der Waals surface area contributed by atoms with Crippen molar-refractivity contribution in [3.8, 4) is 34.0 Å². The Morgan fingerprint density at radius 1 is 0.946 bits per heavy atom. The highest BCUT2D eigenvalue weighted by Crippen LogP contribution is 2.42. The van der Waals surface area contributed by atoms with E-state index in [1.165, 1.54) is 41.9 Å². The summed E-state index contributed by atoms with van der Waals surface area (Å²) >= 11 is 0. The van der Waals surface area contributed by atoms with Crippen molar-refractivity contribution in [2.75, 3.05) is 5.32 Å². The molecule has 1 heterocycles. The van der Waals surface area contributed by atoms with Crippen LogP contribution in [0.4, 0.5) is 14.5 Å². The SMILES string of the molecule is CC(=O)Oc1c(-c2ccc(NC(=O)CC(C)(C)C)cc2)c(-c2ccccc2F)nn1-c1ccc(F)cc1. The van der Waals surface area contributed by atoms with E-state index >= 15 is 0 Å². The van der Waals surface area contributed by atoms with Crippen LogP contribution in [-0.4, -0.2) is 21.7 Å². The summed E-state index contributed by atoms with van der Waals surface area (Å²) in [6, 6.07) is 18.5. The van der Waals surface area contributed by atoms with Crippen LogP contribution < -0.4 is 10.1 Å². The first kappa shape index (κ1) is 25.8. The second-order valence-electron chi connectivity index (χ2n) is 9.85. The van der Waals surface area contributed by atoms with Crippen molar-refractivity contribution in [1.82, 2.24) is 9.78 Å². The third-order valence-corrected chi connectivity index (χ3v) is 5.43. The predicted octanol–water partition coefficient (Wildman–Crippen LogP) is 6.78. The fraction of sp³-hybridized carbons (Fsp3) is 0.207. The van der Waals surface area contributed by atoms with Crippen LogP contribution in [0.2, 0.25) is 0 Å². The van der Waals surface area contributed by atoms with Gasteiger partial charge in [0.1, 0.15) is 17.3 Å². The summed E-state index contributed by atoms with van der Waals surface area (Å²) in [5.41, 5.74) is 2.25. The van der Waals surface area contributed by atoms with Crippen LogP contribution >= 0.6 is 0 Å². The second-order valence-corrected chi connectivity index (χ2v) is 9.85. The van der Waals surface area contributed by atoms with Gasteiger partial charge in [0, 0.05) is 24.6 Å². The Labute approximate surface area is 213 Å². The maximum absolute atomic E-state index is 14.9. The zero-order valence-electron chi connectivity index (χ0n) is 21.0. The number of halogens is 2. The van der Waals surface area contributed by atoms with Gasteiger partial charge in [0.2, 0.25) is 11.8 Å². The van der Waals surface area contributed by atoms with Crippen molar-refractivity contribution in [3.63, 3.8) is 0 Å². The molecule has 0 unspecified atom stereocenters. The summed E-state index contributed by atoms with van der Waals surface area (Å²) in [5, 5.41) is 7.46.